The molecule has 47 heavy (non-hydrogen) atoms. The molecule has 5 aromatic rings. The fraction of sp³-hybridized carbons (Fsp3) is 0.302. The fourth-order valence-corrected chi connectivity index (χ4v) is 7.11. The molecule has 4 N–H and O–H groups in total. The van der Waals surface area contributed by atoms with Crippen molar-refractivity contribution in [3.8, 4) is 23.0 Å². The predicted octanol–water partition coefficient (Wildman–Crippen LogP) is 11.6. The van der Waals surface area contributed by atoms with Crippen molar-refractivity contribution in [1.29, 1.82) is 0 Å². The van der Waals surface area contributed by atoms with Crippen LogP contribution in [0.5, 0.6) is 23.0 Å². The Hall–Kier alpha value is -4.70. The van der Waals surface area contributed by atoms with Crippen LogP contribution >= 0.6 is 0 Å². The third-order valence-electron chi connectivity index (χ3n) is 9.90. The van der Waals surface area contributed by atoms with Gasteiger partial charge in [0.05, 0.1) is 0 Å². The Labute approximate surface area is 280 Å². The van der Waals surface area contributed by atoms with Gasteiger partial charge in [-0.05, 0) is 139 Å². The summed E-state index contributed by atoms with van der Waals surface area (Å²) >= 11 is 0. The lowest BCUT2D eigenvalue weighted by Crippen LogP contribution is -2.32. The molecule has 0 bridgehead atoms. The molecule has 0 aromatic heterocycles. The van der Waals surface area contributed by atoms with E-state index in [1.54, 1.807) is 0 Å². The molecule has 0 amide bonds. The van der Waals surface area contributed by atoms with Gasteiger partial charge in [0.15, 0.2) is 0 Å². The third-order valence-corrected chi connectivity index (χ3v) is 9.90. The lowest BCUT2D eigenvalue weighted by atomic mass is 9.62. The number of rotatable bonds is 13. The van der Waals surface area contributed by atoms with Gasteiger partial charge in [-0.25, -0.2) is 0 Å². The van der Waals surface area contributed by atoms with Gasteiger partial charge in [0, 0.05) is 16.8 Å². The highest BCUT2D eigenvalue weighted by Crippen LogP contribution is 2.49. The van der Waals surface area contributed by atoms with E-state index in [1.807, 2.05) is 48.5 Å². The van der Waals surface area contributed by atoms with Gasteiger partial charge in [-0.1, -0.05) is 81.1 Å². The van der Waals surface area contributed by atoms with Crippen LogP contribution < -0.4 is 20.9 Å². The molecular formula is C43H48N2O2. The second-order valence-corrected chi connectivity index (χ2v) is 13.2. The van der Waals surface area contributed by atoms with Gasteiger partial charge in [0.1, 0.15) is 23.0 Å². The topological polar surface area (TPSA) is 70.5 Å². The van der Waals surface area contributed by atoms with Crippen molar-refractivity contribution in [1.82, 2.24) is 0 Å². The molecule has 5 aromatic carbocycles. The van der Waals surface area contributed by atoms with E-state index in [9.17, 15) is 0 Å². The van der Waals surface area contributed by atoms with Gasteiger partial charge in [-0.3, -0.25) is 0 Å². The molecule has 4 nitrogen and oxygen atoms in total. The molecule has 0 spiro atoms. The van der Waals surface area contributed by atoms with Crippen molar-refractivity contribution in [2.24, 2.45) is 0 Å². The minimum absolute atomic E-state index is 0.0889. The first-order valence-electron chi connectivity index (χ1n) is 17.4. The normalized spacial score (nSPS) is 14.5. The van der Waals surface area contributed by atoms with Crippen LogP contribution in [0, 0.1) is 0 Å². The maximum absolute atomic E-state index is 6.14. The lowest BCUT2D eigenvalue weighted by molar-refractivity contribution is 0.314. The van der Waals surface area contributed by atoms with E-state index in [0.717, 1.165) is 60.1 Å². The van der Waals surface area contributed by atoms with Crippen LogP contribution in [0.1, 0.15) is 92.9 Å². The van der Waals surface area contributed by atoms with Crippen molar-refractivity contribution in [3.05, 3.63) is 144 Å². The SMILES string of the molecule is CCCCCCCc1ccc(C2CCC(c3ccc(Oc4ccc(N)cc4)cc3)(c3ccc(Oc4ccc(N)cc4)cc3)CC2)cc1. The summed E-state index contributed by atoms with van der Waals surface area (Å²) in [6.45, 7) is 2.28. The lowest BCUT2D eigenvalue weighted by Gasteiger charge is -2.41. The first-order chi connectivity index (χ1) is 23.0. The number of hydrogen-bond acceptors (Lipinski definition) is 4. The molecule has 4 heteroatoms. The standard InChI is InChI=1S/C43H48N2O2/c1-2-3-4-5-6-7-32-8-10-33(11-9-32)34-28-30-43(31-29-34,35-12-20-39(21-13-35)46-41-24-16-37(44)17-25-41)36-14-22-40(23-15-36)47-42-26-18-38(45)19-27-42/h8-27,34H,2-7,28-31,44-45H2,1H3. The Morgan fingerprint density at radius 1 is 0.532 bits per heavy atom. The smallest absolute Gasteiger partial charge is 0.127 e. The minimum atomic E-state index is -0.0889. The van der Waals surface area contributed by atoms with Gasteiger partial charge in [0.25, 0.3) is 0 Å². The molecule has 1 saturated carbocycles. The number of unbranched alkanes of at least 4 members (excludes halogenated alkanes) is 4. The second-order valence-electron chi connectivity index (χ2n) is 13.2. The first-order valence-corrected chi connectivity index (χ1v) is 17.4. The highest BCUT2D eigenvalue weighted by molar-refractivity contribution is 5.48. The number of anilines is 2. The van der Waals surface area contributed by atoms with E-state index in [-0.39, 0.29) is 5.41 Å². The molecule has 1 fully saturated rings. The predicted molar refractivity (Wildman–Crippen MR) is 196 cm³/mol. The van der Waals surface area contributed by atoms with Crippen molar-refractivity contribution in [2.45, 2.75) is 82.5 Å². The molecule has 0 unspecified atom stereocenters. The van der Waals surface area contributed by atoms with Crippen LogP contribution in [0.4, 0.5) is 11.4 Å². The van der Waals surface area contributed by atoms with Crippen LogP contribution in [-0.2, 0) is 11.8 Å². The Morgan fingerprint density at radius 3 is 1.40 bits per heavy atom. The molecule has 1 aliphatic rings. The average Bonchev–Trinajstić information content (AvgIpc) is 3.11. The zero-order valence-electron chi connectivity index (χ0n) is 27.7. The maximum atomic E-state index is 6.14. The Bertz CT molecular complexity index is 1580. The van der Waals surface area contributed by atoms with E-state index >= 15 is 0 Å². The van der Waals surface area contributed by atoms with Crippen molar-refractivity contribution in [3.63, 3.8) is 0 Å². The molecule has 0 aliphatic heterocycles. The highest BCUT2D eigenvalue weighted by Gasteiger charge is 2.39. The van der Waals surface area contributed by atoms with E-state index in [2.05, 4.69) is 79.7 Å². The molecular weight excluding hydrogens is 576 g/mol. The zero-order chi connectivity index (χ0) is 32.5. The van der Waals surface area contributed by atoms with E-state index in [4.69, 9.17) is 20.9 Å². The number of hydrogen-bond donors (Lipinski definition) is 2. The summed E-state index contributed by atoms with van der Waals surface area (Å²) in [7, 11) is 0. The summed E-state index contributed by atoms with van der Waals surface area (Å²) < 4.78 is 12.3. The summed E-state index contributed by atoms with van der Waals surface area (Å²) in [5.74, 6) is 3.77. The molecule has 6 rings (SSSR count). The molecule has 242 valence electrons. The Kier molecular flexibility index (Phi) is 10.5. The van der Waals surface area contributed by atoms with Gasteiger partial charge < -0.3 is 20.9 Å². The van der Waals surface area contributed by atoms with Crippen molar-refractivity contribution >= 4 is 11.4 Å². The van der Waals surface area contributed by atoms with Crippen LogP contribution in [0.2, 0.25) is 0 Å². The number of aryl methyl sites for hydroxylation is 1. The zero-order valence-corrected chi connectivity index (χ0v) is 27.7. The first kappa shape index (κ1) is 32.2. The number of benzene rings is 5. The van der Waals surface area contributed by atoms with E-state index in [1.165, 1.54) is 60.8 Å². The van der Waals surface area contributed by atoms with Gasteiger partial charge in [0.2, 0.25) is 0 Å². The van der Waals surface area contributed by atoms with Crippen molar-refractivity contribution in [2.75, 3.05) is 11.5 Å². The quantitative estimate of drug-likeness (QED) is 0.101. The van der Waals surface area contributed by atoms with Gasteiger partial charge in [-0.15, -0.1) is 0 Å². The fourth-order valence-electron chi connectivity index (χ4n) is 7.11. The number of ether oxygens (including phenoxy) is 2. The highest BCUT2D eigenvalue weighted by atomic mass is 16.5. The number of nitrogen functional groups attached to an aromatic ring is 2. The monoisotopic (exact) mass is 624 g/mol. The summed E-state index contributed by atoms with van der Waals surface area (Å²) in [5.41, 5.74) is 18.7. The molecule has 0 atom stereocenters. The molecule has 0 saturated heterocycles. The van der Waals surface area contributed by atoms with E-state index < -0.39 is 0 Å². The largest absolute Gasteiger partial charge is 0.457 e. The van der Waals surface area contributed by atoms with Crippen molar-refractivity contribution < 1.29 is 9.47 Å². The summed E-state index contributed by atoms with van der Waals surface area (Å²) in [6.07, 6.45) is 12.3. The third kappa shape index (κ3) is 8.18. The van der Waals surface area contributed by atoms with Crippen LogP contribution in [0.25, 0.3) is 0 Å². The average molecular weight is 625 g/mol. The van der Waals surface area contributed by atoms with Crippen LogP contribution in [-0.4, -0.2) is 0 Å². The van der Waals surface area contributed by atoms with Crippen LogP contribution in [0.15, 0.2) is 121 Å². The number of nitrogens with two attached hydrogens (primary N) is 2. The van der Waals surface area contributed by atoms with Gasteiger partial charge in [-0.2, -0.15) is 0 Å². The second kappa shape index (κ2) is 15.3. The minimum Gasteiger partial charge on any atom is -0.457 e. The van der Waals surface area contributed by atoms with Gasteiger partial charge >= 0.3 is 0 Å². The van der Waals surface area contributed by atoms with E-state index in [0.29, 0.717) is 5.92 Å². The Morgan fingerprint density at radius 2 is 0.957 bits per heavy atom. The van der Waals surface area contributed by atoms with Crippen LogP contribution in [0.3, 0.4) is 0 Å². The molecule has 1 aliphatic carbocycles. The summed E-state index contributed by atoms with van der Waals surface area (Å²) in [5, 5.41) is 0. The summed E-state index contributed by atoms with van der Waals surface area (Å²) in [6, 6.07) is 42.0. The summed E-state index contributed by atoms with van der Waals surface area (Å²) in [4.78, 5) is 0. The molecule has 0 radical (unpaired) electrons. The molecule has 0 heterocycles. The Balaban J connectivity index is 1.19. The maximum Gasteiger partial charge on any atom is 0.127 e.